The second-order valence-electron chi connectivity index (χ2n) is 5.45. The summed E-state index contributed by atoms with van der Waals surface area (Å²) in [5.41, 5.74) is 4.15. The molecule has 1 aliphatic rings. The van der Waals surface area contributed by atoms with Crippen molar-refractivity contribution in [2.75, 3.05) is 13.1 Å². The van der Waals surface area contributed by atoms with Crippen molar-refractivity contribution in [1.82, 2.24) is 4.90 Å². The second kappa shape index (κ2) is 6.85. The number of carbonyl (C=O) groups is 2. The maximum atomic E-state index is 13.2. The number of primary amides is 1. The molecule has 7 heteroatoms. The third-order valence-corrected chi connectivity index (χ3v) is 3.79. The number of alkyl halides is 3. The van der Waals surface area contributed by atoms with Crippen molar-refractivity contribution in [2.45, 2.75) is 19.0 Å². The molecule has 1 aromatic rings. The molecule has 23 heavy (non-hydrogen) atoms. The molecule has 0 saturated carbocycles. The number of halogens is 3. The van der Waals surface area contributed by atoms with E-state index in [1.807, 2.05) is 0 Å². The monoisotopic (exact) mass is 326 g/mol. The highest BCUT2D eigenvalue weighted by molar-refractivity contribution is 5.96. The molecule has 2 amide bonds. The zero-order chi connectivity index (χ0) is 17.0. The highest BCUT2D eigenvalue weighted by atomic mass is 19.4. The Morgan fingerprint density at radius 3 is 2.43 bits per heavy atom. The Kier molecular flexibility index (Phi) is 5.08. The van der Waals surface area contributed by atoms with Crippen molar-refractivity contribution in [3.63, 3.8) is 0 Å². The predicted octanol–water partition coefficient (Wildman–Crippen LogP) is 2.36. The molecule has 0 aromatic heterocycles. The Morgan fingerprint density at radius 2 is 1.87 bits per heavy atom. The summed E-state index contributed by atoms with van der Waals surface area (Å²) in [6, 6.07) is 7.15. The van der Waals surface area contributed by atoms with Gasteiger partial charge in [-0.25, -0.2) is 0 Å². The van der Waals surface area contributed by atoms with Crippen molar-refractivity contribution in [2.24, 2.45) is 11.7 Å². The molecule has 1 unspecified atom stereocenters. The van der Waals surface area contributed by atoms with E-state index in [2.05, 4.69) is 0 Å². The number of hydrogen-bond donors (Lipinski definition) is 1. The van der Waals surface area contributed by atoms with Gasteiger partial charge in [-0.05, 0) is 18.4 Å². The van der Waals surface area contributed by atoms with Gasteiger partial charge < -0.3 is 10.6 Å². The van der Waals surface area contributed by atoms with Gasteiger partial charge in [-0.2, -0.15) is 13.2 Å². The fourth-order valence-electron chi connectivity index (χ4n) is 2.57. The molecule has 2 N–H and O–H groups in total. The van der Waals surface area contributed by atoms with Crippen molar-refractivity contribution >= 4 is 17.4 Å². The number of nitrogens with two attached hydrogens (primary N) is 1. The standard InChI is InChI=1S/C16H17F3N2O2/c17-16(18,19)13(11-5-2-1-3-6-11)9-14(22)21-8-4-7-12(10-21)15(20)23/h1-3,5-6,9,12H,4,7-8,10H2,(H2,20,23)/b13-9-. The summed E-state index contributed by atoms with van der Waals surface area (Å²) in [4.78, 5) is 24.7. The molecule has 1 heterocycles. The first-order chi connectivity index (χ1) is 10.8. The Labute approximate surface area is 131 Å². The predicted molar refractivity (Wildman–Crippen MR) is 79.0 cm³/mol. The van der Waals surface area contributed by atoms with Gasteiger partial charge in [0.25, 0.3) is 0 Å². The van der Waals surface area contributed by atoms with Crippen LogP contribution in [0.4, 0.5) is 13.2 Å². The topological polar surface area (TPSA) is 63.4 Å². The van der Waals surface area contributed by atoms with Crippen LogP contribution in [0.5, 0.6) is 0 Å². The second-order valence-corrected chi connectivity index (χ2v) is 5.45. The van der Waals surface area contributed by atoms with Crippen LogP contribution in [-0.4, -0.2) is 36.0 Å². The lowest BCUT2D eigenvalue weighted by atomic mass is 9.97. The van der Waals surface area contributed by atoms with Gasteiger partial charge in [-0.1, -0.05) is 30.3 Å². The smallest absolute Gasteiger partial charge is 0.369 e. The maximum Gasteiger partial charge on any atom is 0.417 e. The number of hydrogen-bond acceptors (Lipinski definition) is 2. The van der Waals surface area contributed by atoms with Crippen LogP contribution in [0.3, 0.4) is 0 Å². The molecule has 124 valence electrons. The zero-order valence-electron chi connectivity index (χ0n) is 12.3. The van der Waals surface area contributed by atoms with Crippen LogP contribution in [0.1, 0.15) is 18.4 Å². The Hall–Kier alpha value is -2.31. The summed E-state index contributed by atoms with van der Waals surface area (Å²) in [6.07, 6.45) is -2.96. The average Bonchev–Trinajstić information content (AvgIpc) is 2.52. The molecule has 0 spiro atoms. The van der Waals surface area contributed by atoms with Crippen molar-refractivity contribution in [1.29, 1.82) is 0 Å². The van der Waals surface area contributed by atoms with Crippen molar-refractivity contribution in [3.8, 4) is 0 Å². The molecule has 1 atom stereocenters. The van der Waals surface area contributed by atoms with Gasteiger partial charge in [-0.15, -0.1) is 0 Å². The molecule has 4 nitrogen and oxygen atoms in total. The highest BCUT2D eigenvalue weighted by Crippen LogP contribution is 2.34. The van der Waals surface area contributed by atoms with E-state index < -0.39 is 29.5 Å². The third-order valence-electron chi connectivity index (χ3n) is 3.79. The minimum atomic E-state index is -4.64. The summed E-state index contributed by atoms with van der Waals surface area (Å²) in [5, 5.41) is 0. The molecule has 1 aromatic carbocycles. The van der Waals surface area contributed by atoms with E-state index in [0.717, 1.165) is 0 Å². The summed E-state index contributed by atoms with van der Waals surface area (Å²) < 4.78 is 39.7. The molecule has 2 rings (SSSR count). The summed E-state index contributed by atoms with van der Waals surface area (Å²) in [7, 11) is 0. The quantitative estimate of drug-likeness (QED) is 0.867. The maximum absolute atomic E-state index is 13.2. The summed E-state index contributed by atoms with van der Waals surface area (Å²) in [5.74, 6) is -1.80. The van der Waals surface area contributed by atoms with Gasteiger partial charge in [0, 0.05) is 19.2 Å². The van der Waals surface area contributed by atoms with Crippen molar-refractivity contribution < 1.29 is 22.8 Å². The van der Waals surface area contributed by atoms with E-state index >= 15 is 0 Å². The van der Waals surface area contributed by atoms with E-state index in [-0.39, 0.29) is 12.1 Å². The lowest BCUT2D eigenvalue weighted by Gasteiger charge is -2.30. The normalized spacial score (nSPS) is 19.5. The first kappa shape index (κ1) is 17.1. The number of nitrogens with zero attached hydrogens (tertiary/aromatic N) is 1. The number of likely N-dealkylation sites (tertiary alicyclic amines) is 1. The number of amides is 2. The van der Waals surface area contributed by atoms with E-state index in [0.29, 0.717) is 25.5 Å². The van der Waals surface area contributed by atoms with Gasteiger partial charge in [0.15, 0.2) is 0 Å². The minimum absolute atomic E-state index is 0.0601. The lowest BCUT2D eigenvalue weighted by molar-refractivity contribution is -0.131. The van der Waals surface area contributed by atoms with Crippen LogP contribution in [0.25, 0.3) is 5.57 Å². The SMILES string of the molecule is NC(=O)C1CCCN(C(=O)/C=C(/c2ccccc2)C(F)(F)F)C1. The zero-order valence-corrected chi connectivity index (χ0v) is 12.3. The fraction of sp³-hybridized carbons (Fsp3) is 0.375. The molecule has 0 aliphatic carbocycles. The lowest BCUT2D eigenvalue weighted by Crippen LogP contribution is -2.43. The molecular formula is C16H17F3N2O2. The number of benzene rings is 1. The van der Waals surface area contributed by atoms with E-state index in [1.54, 1.807) is 6.07 Å². The molecule has 0 radical (unpaired) electrons. The van der Waals surface area contributed by atoms with E-state index in [4.69, 9.17) is 5.73 Å². The fourth-order valence-corrected chi connectivity index (χ4v) is 2.57. The number of carbonyl (C=O) groups excluding carboxylic acids is 2. The van der Waals surface area contributed by atoms with Gasteiger partial charge in [0.2, 0.25) is 11.8 Å². The van der Waals surface area contributed by atoms with Gasteiger partial charge in [-0.3, -0.25) is 9.59 Å². The van der Waals surface area contributed by atoms with Crippen LogP contribution in [0.15, 0.2) is 36.4 Å². The van der Waals surface area contributed by atoms with E-state index in [1.165, 1.54) is 29.2 Å². The Morgan fingerprint density at radius 1 is 1.22 bits per heavy atom. The van der Waals surface area contributed by atoms with Crippen molar-refractivity contribution in [3.05, 3.63) is 42.0 Å². The van der Waals surface area contributed by atoms with Crippen LogP contribution in [0, 0.1) is 5.92 Å². The Bertz CT molecular complexity index is 612. The van der Waals surface area contributed by atoms with Crippen LogP contribution in [-0.2, 0) is 9.59 Å². The van der Waals surface area contributed by atoms with Crippen LogP contribution in [0.2, 0.25) is 0 Å². The first-order valence-corrected chi connectivity index (χ1v) is 7.21. The largest absolute Gasteiger partial charge is 0.417 e. The molecule has 0 bridgehead atoms. The van der Waals surface area contributed by atoms with Crippen LogP contribution < -0.4 is 5.73 Å². The number of rotatable bonds is 3. The van der Waals surface area contributed by atoms with Gasteiger partial charge in [0.05, 0.1) is 11.5 Å². The summed E-state index contributed by atoms with van der Waals surface area (Å²) in [6.45, 7) is 0.379. The van der Waals surface area contributed by atoms with Crippen LogP contribution >= 0.6 is 0 Å². The average molecular weight is 326 g/mol. The summed E-state index contributed by atoms with van der Waals surface area (Å²) >= 11 is 0. The molecule has 1 aliphatic heterocycles. The first-order valence-electron chi connectivity index (χ1n) is 7.21. The minimum Gasteiger partial charge on any atom is -0.369 e. The number of allylic oxidation sites excluding steroid dienone is 1. The highest BCUT2D eigenvalue weighted by Gasteiger charge is 2.36. The van der Waals surface area contributed by atoms with Gasteiger partial charge >= 0.3 is 6.18 Å². The third kappa shape index (κ3) is 4.34. The molecule has 1 fully saturated rings. The van der Waals surface area contributed by atoms with Gasteiger partial charge in [0.1, 0.15) is 0 Å². The molecule has 1 saturated heterocycles. The Balaban J connectivity index is 2.25. The number of piperidine rings is 1. The molecular weight excluding hydrogens is 309 g/mol. The van der Waals surface area contributed by atoms with E-state index in [9.17, 15) is 22.8 Å².